The van der Waals surface area contributed by atoms with Crippen molar-refractivity contribution in [1.29, 1.82) is 0 Å². The maximum absolute atomic E-state index is 13.6. The zero-order valence-corrected chi connectivity index (χ0v) is 15.3. The maximum atomic E-state index is 13.6. The first-order valence-electron chi connectivity index (χ1n) is 9.06. The van der Waals surface area contributed by atoms with E-state index in [1.54, 1.807) is 11.8 Å². The summed E-state index contributed by atoms with van der Waals surface area (Å²) in [6.07, 6.45) is -5.29. The fraction of sp³-hybridized carbons (Fsp3) is 0.706. The molecule has 28 heavy (non-hydrogen) atoms. The Bertz CT molecular complexity index is 793. The molecule has 0 radical (unpaired) electrons. The molecule has 2 aliphatic heterocycles. The number of ether oxygens (including phenoxy) is 1. The van der Waals surface area contributed by atoms with Gasteiger partial charge >= 0.3 is 12.1 Å². The molecule has 2 N–H and O–H groups in total. The summed E-state index contributed by atoms with van der Waals surface area (Å²) in [7, 11) is 1.15. The van der Waals surface area contributed by atoms with E-state index < -0.39 is 29.7 Å². The van der Waals surface area contributed by atoms with E-state index in [4.69, 9.17) is 9.84 Å². The largest absolute Gasteiger partial charge is 0.491 e. The van der Waals surface area contributed by atoms with Gasteiger partial charge < -0.3 is 24.7 Å². The molecule has 2 saturated heterocycles. The Morgan fingerprint density at radius 1 is 1.25 bits per heavy atom. The summed E-state index contributed by atoms with van der Waals surface area (Å²) in [5, 5.41) is 18.6. The molecule has 1 aliphatic carbocycles. The van der Waals surface area contributed by atoms with Crippen molar-refractivity contribution < 1.29 is 32.9 Å². The molecular formula is C17H21F3N4O4. The molecule has 0 amide bonds. The van der Waals surface area contributed by atoms with Crippen molar-refractivity contribution in [1.82, 2.24) is 9.97 Å². The van der Waals surface area contributed by atoms with Crippen LogP contribution in [0.4, 0.5) is 24.9 Å². The van der Waals surface area contributed by atoms with Gasteiger partial charge in [-0.25, -0.2) is 4.98 Å². The number of carboxylic acids is 1. The summed E-state index contributed by atoms with van der Waals surface area (Å²) >= 11 is 0. The average molecular weight is 402 g/mol. The minimum absolute atomic E-state index is 0.0636. The number of aromatic nitrogens is 2. The van der Waals surface area contributed by atoms with Gasteiger partial charge in [-0.05, 0) is 24.7 Å². The Kier molecular flexibility index (Phi) is 4.32. The van der Waals surface area contributed by atoms with Crippen LogP contribution in [0, 0.1) is 17.8 Å². The Morgan fingerprint density at radius 2 is 1.89 bits per heavy atom. The zero-order valence-electron chi connectivity index (χ0n) is 15.3. The predicted octanol–water partition coefficient (Wildman–Crippen LogP) is 1.23. The molecular weight excluding hydrogens is 381 g/mol. The third-order valence-electron chi connectivity index (χ3n) is 6.08. The third kappa shape index (κ3) is 3.01. The summed E-state index contributed by atoms with van der Waals surface area (Å²) in [5.41, 5.74) is -1.15. The molecule has 3 fully saturated rings. The van der Waals surface area contributed by atoms with Gasteiger partial charge in [0, 0.05) is 26.1 Å². The number of alkyl halides is 3. The van der Waals surface area contributed by atoms with Crippen LogP contribution in [-0.4, -0.2) is 65.0 Å². The highest BCUT2D eigenvalue weighted by Crippen LogP contribution is 2.55. The highest BCUT2D eigenvalue weighted by atomic mass is 19.4. The fourth-order valence-electron chi connectivity index (χ4n) is 4.33. The summed E-state index contributed by atoms with van der Waals surface area (Å²) in [5.74, 6) is -0.984. The van der Waals surface area contributed by atoms with Crippen molar-refractivity contribution in [3.63, 3.8) is 0 Å². The highest BCUT2D eigenvalue weighted by molar-refractivity contribution is 5.68. The maximum Gasteiger partial charge on any atom is 0.437 e. The molecule has 0 unspecified atom stereocenters. The van der Waals surface area contributed by atoms with Crippen LogP contribution in [0.1, 0.15) is 19.0 Å². The summed E-state index contributed by atoms with van der Waals surface area (Å²) in [4.78, 5) is 22.2. The van der Waals surface area contributed by atoms with E-state index in [1.807, 2.05) is 0 Å². The van der Waals surface area contributed by atoms with Gasteiger partial charge in [0.05, 0.1) is 19.3 Å². The van der Waals surface area contributed by atoms with Gasteiger partial charge in [0.15, 0.2) is 17.3 Å². The number of fused-ring (bicyclic) bond motifs is 1. The second-order valence-corrected chi connectivity index (χ2v) is 7.68. The topological polar surface area (TPSA) is 99.0 Å². The van der Waals surface area contributed by atoms with Gasteiger partial charge in [-0.15, -0.1) is 0 Å². The summed E-state index contributed by atoms with van der Waals surface area (Å²) < 4.78 is 45.9. The van der Waals surface area contributed by atoms with Crippen molar-refractivity contribution in [3.05, 3.63) is 5.69 Å². The molecule has 1 aromatic rings. The van der Waals surface area contributed by atoms with Crippen LogP contribution in [0.3, 0.4) is 0 Å². The minimum atomic E-state index is -4.72. The van der Waals surface area contributed by atoms with Crippen LogP contribution < -0.4 is 14.5 Å². The number of aliphatic hydroxyl groups is 1. The van der Waals surface area contributed by atoms with Gasteiger partial charge in [0.2, 0.25) is 5.95 Å². The van der Waals surface area contributed by atoms with E-state index in [9.17, 15) is 23.1 Å². The number of carbonyl (C=O) groups is 1. The third-order valence-corrected chi connectivity index (χ3v) is 6.08. The number of piperidine rings is 1. The standard InChI is InChI=1S/C17H21F3N4O4/c1-7-11(25)6-24(7)16-21-14(17(18,19)20)13(28-2)15(22-16)23-4-9-8(3-12(26)27)10(9)5-23/h7-11,25H,3-6H2,1-2H3,(H,26,27)/t7-,8-,9-,10+,11+/m0/s1. The number of methoxy groups -OCH3 is 1. The van der Waals surface area contributed by atoms with Crippen molar-refractivity contribution in [3.8, 4) is 5.75 Å². The molecule has 11 heteroatoms. The van der Waals surface area contributed by atoms with Crippen molar-refractivity contribution in [2.45, 2.75) is 31.7 Å². The Hall–Kier alpha value is -2.30. The number of aliphatic carboxylic acids is 1. The molecule has 8 nitrogen and oxygen atoms in total. The van der Waals surface area contributed by atoms with Crippen LogP contribution in [-0.2, 0) is 11.0 Å². The smallest absolute Gasteiger partial charge is 0.437 e. The molecule has 3 aliphatic rings. The van der Waals surface area contributed by atoms with Crippen LogP contribution in [0.15, 0.2) is 0 Å². The van der Waals surface area contributed by atoms with Crippen LogP contribution >= 0.6 is 0 Å². The Balaban J connectivity index is 1.66. The molecule has 154 valence electrons. The van der Waals surface area contributed by atoms with Gasteiger partial charge in [0.1, 0.15) is 0 Å². The first-order chi connectivity index (χ1) is 13.1. The van der Waals surface area contributed by atoms with Crippen molar-refractivity contribution in [2.24, 2.45) is 17.8 Å². The summed E-state index contributed by atoms with van der Waals surface area (Å²) in [6.45, 7) is 2.72. The lowest BCUT2D eigenvalue weighted by atomic mass is 10.0. The number of nitrogens with zero attached hydrogens (tertiary/aromatic N) is 4. The predicted molar refractivity (Wildman–Crippen MR) is 91.3 cm³/mol. The molecule has 1 saturated carbocycles. The number of hydrogen-bond donors (Lipinski definition) is 2. The molecule has 1 aromatic heterocycles. The molecule has 4 rings (SSSR count). The van der Waals surface area contributed by atoms with Gasteiger partial charge in [0.25, 0.3) is 0 Å². The van der Waals surface area contributed by atoms with E-state index in [0.717, 1.165) is 7.11 Å². The van der Waals surface area contributed by atoms with Crippen molar-refractivity contribution >= 4 is 17.7 Å². The van der Waals surface area contributed by atoms with E-state index in [0.29, 0.717) is 13.1 Å². The van der Waals surface area contributed by atoms with Gasteiger partial charge in [-0.1, -0.05) is 0 Å². The normalized spacial score (nSPS) is 31.4. The first-order valence-corrected chi connectivity index (χ1v) is 9.06. The minimum Gasteiger partial charge on any atom is -0.491 e. The molecule has 5 atom stereocenters. The van der Waals surface area contributed by atoms with Gasteiger partial charge in [-0.2, -0.15) is 18.2 Å². The first kappa shape index (κ1) is 19.0. The summed E-state index contributed by atoms with van der Waals surface area (Å²) in [6, 6.07) is -0.380. The highest BCUT2D eigenvalue weighted by Gasteiger charge is 2.57. The lowest BCUT2D eigenvalue weighted by Gasteiger charge is -2.43. The zero-order chi connectivity index (χ0) is 20.4. The van der Waals surface area contributed by atoms with E-state index >= 15 is 0 Å². The molecule has 0 aromatic carbocycles. The number of halogens is 3. The van der Waals surface area contributed by atoms with Gasteiger partial charge in [-0.3, -0.25) is 4.79 Å². The number of rotatable bonds is 5. The number of anilines is 2. The van der Waals surface area contributed by atoms with E-state index in [-0.39, 0.29) is 48.5 Å². The monoisotopic (exact) mass is 402 g/mol. The quantitative estimate of drug-likeness (QED) is 0.759. The lowest BCUT2D eigenvalue weighted by Crippen LogP contribution is -2.59. The van der Waals surface area contributed by atoms with E-state index in [1.165, 1.54) is 4.90 Å². The molecule has 0 bridgehead atoms. The Labute approximate surface area is 158 Å². The van der Waals surface area contributed by atoms with Crippen molar-refractivity contribution in [2.75, 3.05) is 36.5 Å². The number of β-amino-alcohol motifs (C(OH)–C–C–N with tert-alkyl or cyclic N) is 1. The lowest BCUT2D eigenvalue weighted by molar-refractivity contribution is -0.142. The Morgan fingerprint density at radius 3 is 2.36 bits per heavy atom. The van der Waals surface area contributed by atoms with Crippen LogP contribution in [0.25, 0.3) is 0 Å². The number of carboxylic acid groups (broad SMARTS) is 1. The molecule has 0 spiro atoms. The molecule has 3 heterocycles. The SMILES string of the molecule is COc1c(N2C[C@@H]3[C@@H](CC(=O)O)[C@@H]3C2)nc(N2C[C@@H](O)[C@@H]2C)nc1C(F)(F)F. The van der Waals surface area contributed by atoms with E-state index in [2.05, 4.69) is 9.97 Å². The van der Waals surface area contributed by atoms with Crippen LogP contribution in [0.2, 0.25) is 0 Å². The second-order valence-electron chi connectivity index (χ2n) is 7.68. The number of hydrogen-bond acceptors (Lipinski definition) is 7. The number of aliphatic hydroxyl groups excluding tert-OH is 1. The fourth-order valence-corrected chi connectivity index (χ4v) is 4.33. The second kappa shape index (κ2) is 6.36. The average Bonchev–Trinajstić information content (AvgIpc) is 3.05. The van der Waals surface area contributed by atoms with Crippen LogP contribution in [0.5, 0.6) is 5.75 Å².